The third kappa shape index (κ3) is 4.00. The molecule has 8 heteroatoms. The Bertz CT molecular complexity index is 1600. The van der Waals surface area contributed by atoms with Gasteiger partial charge in [-0.25, -0.2) is 0 Å². The first-order valence-electron chi connectivity index (χ1n) is 12.2. The summed E-state index contributed by atoms with van der Waals surface area (Å²) >= 11 is 0. The van der Waals surface area contributed by atoms with E-state index in [0.717, 1.165) is 40.6 Å². The lowest BCUT2D eigenvalue weighted by Gasteiger charge is -2.47. The van der Waals surface area contributed by atoms with Gasteiger partial charge in [0.25, 0.3) is 5.56 Å². The molecule has 36 heavy (non-hydrogen) atoms. The van der Waals surface area contributed by atoms with E-state index in [-0.39, 0.29) is 30.2 Å². The maximum Gasteiger partial charge on any atom is 0.252 e. The normalized spacial score (nSPS) is 19.3. The monoisotopic (exact) mass is 479 g/mol. The topological polar surface area (TPSA) is 93.9 Å². The molecule has 0 radical (unpaired) electrons. The fourth-order valence-corrected chi connectivity index (χ4v) is 5.43. The zero-order valence-corrected chi connectivity index (χ0v) is 21.0. The number of nitriles is 2. The summed E-state index contributed by atoms with van der Waals surface area (Å²) in [6.07, 6.45) is 1.77. The molecule has 1 aliphatic rings. The fraction of sp³-hybridized carbons (Fsp3) is 0.357. The molecule has 0 spiro atoms. The van der Waals surface area contributed by atoms with Crippen LogP contribution in [0.1, 0.15) is 37.9 Å². The summed E-state index contributed by atoms with van der Waals surface area (Å²) in [5, 5.41) is 25.2. The number of fused-ring (bicyclic) bond motifs is 2. The summed E-state index contributed by atoms with van der Waals surface area (Å²) in [6, 6.07) is 18.9. The zero-order valence-electron chi connectivity index (χ0n) is 21.0. The molecule has 5 rings (SSSR count). The van der Waals surface area contributed by atoms with Crippen LogP contribution in [0.2, 0.25) is 0 Å². The second-order valence-electron chi connectivity index (χ2n) is 9.80. The highest BCUT2D eigenvalue weighted by molar-refractivity contribution is 5.88. The molecule has 0 bridgehead atoms. The molecule has 2 aromatic carbocycles. The fourth-order valence-electron chi connectivity index (χ4n) is 5.43. The minimum atomic E-state index is -0.0856. The number of anilines is 1. The van der Waals surface area contributed by atoms with Gasteiger partial charge >= 0.3 is 0 Å². The highest BCUT2D eigenvalue weighted by Gasteiger charge is 2.34. The minimum absolute atomic E-state index is 0.0856. The molecule has 1 aliphatic heterocycles. The summed E-state index contributed by atoms with van der Waals surface area (Å²) in [6.45, 7) is 8.35. The van der Waals surface area contributed by atoms with Crippen LogP contribution in [0, 0.1) is 22.7 Å². The van der Waals surface area contributed by atoms with Gasteiger partial charge in [-0.3, -0.25) is 14.4 Å². The Hall–Kier alpha value is -4.14. The van der Waals surface area contributed by atoms with Crippen LogP contribution < -0.4 is 10.5 Å². The van der Waals surface area contributed by atoms with Crippen molar-refractivity contribution in [3.8, 4) is 12.1 Å². The van der Waals surface area contributed by atoms with Gasteiger partial charge in [-0.15, -0.1) is 0 Å². The van der Waals surface area contributed by atoms with Crippen LogP contribution in [0.25, 0.3) is 21.8 Å². The second-order valence-corrected chi connectivity index (χ2v) is 9.80. The third-order valence-electron chi connectivity index (χ3n) is 7.49. The molecule has 0 amide bonds. The van der Waals surface area contributed by atoms with Crippen LogP contribution in [0.5, 0.6) is 0 Å². The first-order chi connectivity index (χ1) is 17.3. The van der Waals surface area contributed by atoms with Crippen LogP contribution in [0.15, 0.2) is 53.5 Å². The van der Waals surface area contributed by atoms with E-state index in [1.807, 2.05) is 18.2 Å². The van der Waals surface area contributed by atoms with Gasteiger partial charge in [0, 0.05) is 44.3 Å². The molecule has 4 aromatic rings. The van der Waals surface area contributed by atoms with Crippen molar-refractivity contribution in [3.63, 3.8) is 0 Å². The number of hydrogen-bond donors (Lipinski definition) is 0. The largest absolute Gasteiger partial charge is 0.364 e. The van der Waals surface area contributed by atoms with Gasteiger partial charge in [0.2, 0.25) is 0 Å². The molecular formula is C28H29N7O. The quantitative estimate of drug-likeness (QED) is 0.440. The maximum absolute atomic E-state index is 12.8. The van der Waals surface area contributed by atoms with Crippen LogP contribution in [-0.4, -0.2) is 44.4 Å². The van der Waals surface area contributed by atoms with Crippen molar-refractivity contribution in [2.45, 2.75) is 45.4 Å². The summed E-state index contributed by atoms with van der Waals surface area (Å²) in [4.78, 5) is 17.5. The molecule has 0 saturated carbocycles. The minimum Gasteiger partial charge on any atom is -0.364 e. The van der Waals surface area contributed by atoms with Crippen molar-refractivity contribution in [1.82, 2.24) is 19.2 Å². The Balaban J connectivity index is 1.45. The van der Waals surface area contributed by atoms with Gasteiger partial charge in [-0.1, -0.05) is 18.2 Å². The molecule has 1 unspecified atom stereocenters. The van der Waals surface area contributed by atoms with E-state index in [1.165, 1.54) is 5.56 Å². The van der Waals surface area contributed by atoms with Crippen molar-refractivity contribution in [1.29, 1.82) is 10.5 Å². The molecule has 182 valence electrons. The highest BCUT2D eigenvalue weighted by Crippen LogP contribution is 2.33. The summed E-state index contributed by atoms with van der Waals surface area (Å²) in [5.74, 6) is 0. The smallest absolute Gasteiger partial charge is 0.252 e. The van der Waals surface area contributed by atoms with Crippen molar-refractivity contribution in [3.05, 3.63) is 70.1 Å². The molecule has 1 saturated heterocycles. The van der Waals surface area contributed by atoms with Gasteiger partial charge in [0.1, 0.15) is 12.1 Å². The Morgan fingerprint density at radius 2 is 1.83 bits per heavy atom. The van der Waals surface area contributed by atoms with Gasteiger partial charge in [-0.05, 0) is 55.3 Å². The molecule has 0 aliphatic carbocycles. The third-order valence-corrected chi connectivity index (χ3v) is 7.49. The molecular weight excluding hydrogens is 450 g/mol. The van der Waals surface area contributed by atoms with Crippen LogP contribution in [-0.2, 0) is 13.6 Å². The Morgan fingerprint density at radius 1 is 1.06 bits per heavy atom. The lowest BCUT2D eigenvalue weighted by molar-refractivity contribution is 0.119. The average molecular weight is 480 g/mol. The number of nitrogens with zero attached hydrogens (tertiary/aromatic N) is 7. The van der Waals surface area contributed by atoms with Crippen LogP contribution >= 0.6 is 0 Å². The van der Waals surface area contributed by atoms with E-state index in [1.54, 1.807) is 28.6 Å². The lowest BCUT2D eigenvalue weighted by Crippen LogP contribution is -2.57. The zero-order chi connectivity index (χ0) is 25.6. The number of rotatable bonds is 4. The van der Waals surface area contributed by atoms with E-state index < -0.39 is 0 Å². The van der Waals surface area contributed by atoms with E-state index in [4.69, 9.17) is 5.26 Å². The summed E-state index contributed by atoms with van der Waals surface area (Å²) in [5.41, 5.74) is 4.10. The van der Waals surface area contributed by atoms with Crippen molar-refractivity contribution in [2.75, 3.05) is 18.0 Å². The van der Waals surface area contributed by atoms with E-state index >= 15 is 0 Å². The van der Waals surface area contributed by atoms with Crippen LogP contribution in [0.3, 0.4) is 0 Å². The number of hydrogen-bond acceptors (Lipinski definition) is 6. The van der Waals surface area contributed by atoms with E-state index in [9.17, 15) is 10.1 Å². The van der Waals surface area contributed by atoms with E-state index in [0.29, 0.717) is 5.56 Å². The predicted molar refractivity (Wildman–Crippen MR) is 141 cm³/mol. The molecule has 8 nitrogen and oxygen atoms in total. The number of aryl methyl sites for hydroxylation is 1. The Morgan fingerprint density at radius 3 is 2.58 bits per heavy atom. The molecule has 1 fully saturated rings. The van der Waals surface area contributed by atoms with Gasteiger partial charge in [0.15, 0.2) is 0 Å². The molecule has 3 heterocycles. The van der Waals surface area contributed by atoms with Gasteiger partial charge < -0.3 is 9.47 Å². The van der Waals surface area contributed by atoms with Crippen molar-refractivity contribution < 1.29 is 0 Å². The van der Waals surface area contributed by atoms with Crippen molar-refractivity contribution in [2.24, 2.45) is 7.05 Å². The van der Waals surface area contributed by atoms with Crippen molar-refractivity contribution >= 4 is 27.5 Å². The maximum atomic E-state index is 12.8. The van der Waals surface area contributed by atoms with Gasteiger partial charge in [0.05, 0.1) is 35.1 Å². The van der Waals surface area contributed by atoms with E-state index in [2.05, 4.69) is 66.0 Å². The number of pyridine rings is 1. The molecule has 2 aromatic heterocycles. The average Bonchev–Trinajstić information content (AvgIpc) is 3.30. The second kappa shape index (κ2) is 9.14. The molecule has 3 atom stereocenters. The lowest BCUT2D eigenvalue weighted by atomic mass is 9.97. The Labute approximate surface area is 210 Å². The summed E-state index contributed by atoms with van der Waals surface area (Å²) in [7, 11) is 1.74. The number of benzene rings is 2. The van der Waals surface area contributed by atoms with Gasteiger partial charge in [-0.2, -0.15) is 15.6 Å². The Kier molecular flexibility index (Phi) is 5.99. The molecule has 0 N–H and O–H groups in total. The highest BCUT2D eigenvalue weighted by atomic mass is 16.1. The first-order valence-corrected chi connectivity index (χ1v) is 12.2. The summed E-state index contributed by atoms with van der Waals surface area (Å²) < 4.78 is 3.18. The standard InChI is InChI=1S/C28H29N7O/c1-18-16-35(25-13-27(36)32(4)26-17-33(10-9-29)31-28(25)26)19(2)15-34(18)20(3)23-8-7-22-6-5-21(14-30)11-24(22)12-23/h5-8,11-13,17-20H,10,15-16H2,1-4H3/t18-,19+,20?/m1/s1. The number of piperazine rings is 1. The number of aromatic nitrogens is 3. The first kappa shape index (κ1) is 23.6. The SMILES string of the molecule is CC(c1ccc2ccc(C#N)cc2c1)N1C[C@H](C)N(c2cc(=O)n(C)c3cn(CC#N)nc23)C[C@H]1C. The predicted octanol–water partition coefficient (Wildman–Crippen LogP) is 3.94. The van der Waals surface area contributed by atoms with Crippen LogP contribution in [0.4, 0.5) is 5.69 Å².